The largest absolute Gasteiger partial charge is 0.478 e. The first-order valence-electron chi connectivity index (χ1n) is 7.22. The molecule has 0 aromatic heterocycles. The topological polar surface area (TPSA) is 52.6 Å². The van der Waals surface area contributed by atoms with Crippen molar-refractivity contribution >= 4 is 19.7 Å². The van der Waals surface area contributed by atoms with E-state index in [1.54, 1.807) is 12.1 Å². The van der Waals surface area contributed by atoms with Crippen LogP contribution in [0.5, 0.6) is 0 Å². The van der Waals surface area contributed by atoms with Crippen molar-refractivity contribution < 1.29 is 9.90 Å². The van der Waals surface area contributed by atoms with Crippen molar-refractivity contribution in [3.8, 4) is 11.5 Å². The molecule has 0 unspecified atom stereocenters. The number of carboxylic acid groups (broad SMARTS) is 1. The predicted molar refractivity (Wildman–Crippen MR) is 88.7 cm³/mol. The van der Waals surface area contributed by atoms with Crippen LogP contribution in [0.4, 0.5) is 5.69 Å². The van der Waals surface area contributed by atoms with E-state index >= 15 is 0 Å². The molecule has 0 spiro atoms. The summed E-state index contributed by atoms with van der Waals surface area (Å²) in [6, 6.07) is 5.42. The monoisotopic (exact) mass is 302 g/mol. The third-order valence-corrected chi connectivity index (χ3v) is 4.10. The maximum atomic E-state index is 11.3. The van der Waals surface area contributed by atoms with E-state index in [1.807, 2.05) is 6.07 Å². The van der Waals surface area contributed by atoms with Gasteiger partial charge in [-0.15, -0.1) is 5.54 Å². The van der Waals surface area contributed by atoms with Crippen LogP contribution in [-0.2, 0) is 0 Å². The normalized spacial score (nSPS) is 15.3. The van der Waals surface area contributed by atoms with E-state index in [9.17, 15) is 9.90 Å². The van der Waals surface area contributed by atoms with Crippen molar-refractivity contribution in [2.45, 2.75) is 19.6 Å². The van der Waals surface area contributed by atoms with E-state index in [-0.39, 0.29) is 0 Å². The van der Waals surface area contributed by atoms with Crippen LogP contribution in [0.3, 0.4) is 0 Å². The number of carboxylic acids is 1. The number of nitrogens with one attached hydrogen (secondary N) is 1. The van der Waals surface area contributed by atoms with Gasteiger partial charge in [-0.25, -0.2) is 4.79 Å². The average molecular weight is 302 g/mol. The maximum Gasteiger partial charge on any atom is 0.335 e. The second kappa shape index (κ2) is 6.33. The minimum Gasteiger partial charge on any atom is -0.478 e. The molecule has 0 saturated carbocycles. The zero-order valence-corrected chi connectivity index (χ0v) is 13.9. The first-order chi connectivity index (χ1) is 9.85. The molecule has 1 aromatic carbocycles. The van der Waals surface area contributed by atoms with E-state index in [2.05, 4.69) is 41.3 Å². The summed E-state index contributed by atoms with van der Waals surface area (Å²) in [5, 5.41) is 12.6. The van der Waals surface area contributed by atoms with Crippen LogP contribution in [0.25, 0.3) is 0 Å². The van der Waals surface area contributed by atoms with Gasteiger partial charge in [-0.1, -0.05) is 25.6 Å². The molecule has 0 atom stereocenters. The molecule has 4 nitrogen and oxygen atoms in total. The zero-order chi connectivity index (χ0) is 15.5. The first-order valence-corrected chi connectivity index (χ1v) is 10.7. The molecule has 2 N–H and O–H groups in total. The number of anilines is 1. The molecule has 1 heterocycles. The van der Waals surface area contributed by atoms with Gasteiger partial charge >= 0.3 is 5.97 Å². The van der Waals surface area contributed by atoms with Crippen molar-refractivity contribution in [2.24, 2.45) is 0 Å². The summed E-state index contributed by atoms with van der Waals surface area (Å²) in [6.07, 6.45) is 0. The molecule has 0 amide bonds. The first kappa shape index (κ1) is 15.6. The van der Waals surface area contributed by atoms with Gasteiger partial charge in [0.05, 0.1) is 5.56 Å². The van der Waals surface area contributed by atoms with Gasteiger partial charge in [0.1, 0.15) is 8.07 Å². The highest BCUT2D eigenvalue weighted by molar-refractivity contribution is 6.83. The Kier molecular flexibility index (Phi) is 4.71. The van der Waals surface area contributed by atoms with Gasteiger partial charge in [-0.3, -0.25) is 0 Å². The molecule has 1 aliphatic rings. The molecule has 0 aliphatic carbocycles. The van der Waals surface area contributed by atoms with Crippen LogP contribution in [-0.4, -0.2) is 45.3 Å². The fourth-order valence-corrected chi connectivity index (χ4v) is 2.69. The summed E-state index contributed by atoms with van der Waals surface area (Å²) in [5.74, 6) is 2.27. The molecule has 1 aliphatic heterocycles. The van der Waals surface area contributed by atoms with Gasteiger partial charge in [0, 0.05) is 37.4 Å². The summed E-state index contributed by atoms with van der Waals surface area (Å²) in [5.41, 5.74) is 5.36. The summed E-state index contributed by atoms with van der Waals surface area (Å²) in [6.45, 7) is 10.2. The SMILES string of the molecule is C[Si](C)(C)C#Cc1cc(C(=O)O)cc(N2CCNCC2)c1. The second-order valence-electron chi connectivity index (χ2n) is 6.31. The highest BCUT2D eigenvalue weighted by Gasteiger charge is 2.14. The van der Waals surface area contributed by atoms with E-state index in [4.69, 9.17) is 0 Å². The number of aromatic carboxylic acids is 1. The summed E-state index contributed by atoms with van der Waals surface area (Å²) in [7, 11) is -1.47. The fraction of sp³-hybridized carbons (Fsp3) is 0.438. The van der Waals surface area contributed by atoms with Crippen LogP contribution >= 0.6 is 0 Å². The molecule has 1 aromatic rings. The Hall–Kier alpha value is -1.77. The molecular formula is C16H22N2O2Si. The molecule has 2 rings (SSSR count). The van der Waals surface area contributed by atoms with E-state index in [1.165, 1.54) is 0 Å². The van der Waals surface area contributed by atoms with Crippen LogP contribution in [0.1, 0.15) is 15.9 Å². The molecule has 0 bridgehead atoms. The third-order valence-electron chi connectivity index (χ3n) is 3.23. The highest BCUT2D eigenvalue weighted by Crippen LogP contribution is 2.20. The van der Waals surface area contributed by atoms with Crippen LogP contribution in [0.15, 0.2) is 18.2 Å². The quantitative estimate of drug-likeness (QED) is 0.648. The molecule has 21 heavy (non-hydrogen) atoms. The van der Waals surface area contributed by atoms with Crippen molar-refractivity contribution in [1.82, 2.24) is 5.32 Å². The minimum atomic E-state index is -1.47. The Morgan fingerprint density at radius 1 is 1.24 bits per heavy atom. The van der Waals surface area contributed by atoms with Gasteiger partial charge in [0.2, 0.25) is 0 Å². The smallest absolute Gasteiger partial charge is 0.335 e. The van der Waals surface area contributed by atoms with Gasteiger partial charge in [-0.05, 0) is 18.2 Å². The van der Waals surface area contributed by atoms with Crippen LogP contribution in [0.2, 0.25) is 19.6 Å². The lowest BCUT2D eigenvalue weighted by Crippen LogP contribution is -2.43. The van der Waals surface area contributed by atoms with Crippen molar-refractivity contribution in [3.63, 3.8) is 0 Å². The molecule has 112 valence electrons. The van der Waals surface area contributed by atoms with E-state index < -0.39 is 14.0 Å². The van der Waals surface area contributed by atoms with Crippen LogP contribution < -0.4 is 10.2 Å². The van der Waals surface area contributed by atoms with E-state index in [0.29, 0.717) is 5.56 Å². The number of rotatable bonds is 2. The van der Waals surface area contributed by atoms with E-state index in [0.717, 1.165) is 37.4 Å². The highest BCUT2D eigenvalue weighted by atomic mass is 28.3. The molecule has 5 heteroatoms. The number of hydrogen-bond donors (Lipinski definition) is 2. The number of carbonyl (C=O) groups is 1. The second-order valence-corrected chi connectivity index (χ2v) is 11.1. The molecular weight excluding hydrogens is 280 g/mol. The van der Waals surface area contributed by atoms with Crippen molar-refractivity contribution in [3.05, 3.63) is 29.3 Å². The lowest BCUT2D eigenvalue weighted by molar-refractivity contribution is 0.0697. The molecule has 0 radical (unpaired) electrons. The Morgan fingerprint density at radius 3 is 2.48 bits per heavy atom. The Balaban J connectivity index is 2.38. The van der Waals surface area contributed by atoms with Crippen molar-refractivity contribution in [1.29, 1.82) is 0 Å². The molecule has 1 fully saturated rings. The Labute approximate surface area is 127 Å². The lowest BCUT2D eigenvalue weighted by Gasteiger charge is -2.29. The Bertz CT molecular complexity index is 591. The zero-order valence-electron chi connectivity index (χ0n) is 12.9. The average Bonchev–Trinajstić information content (AvgIpc) is 2.45. The molecule has 1 saturated heterocycles. The van der Waals surface area contributed by atoms with Gasteiger partial charge in [0.25, 0.3) is 0 Å². The Morgan fingerprint density at radius 2 is 1.90 bits per heavy atom. The number of nitrogens with zero attached hydrogens (tertiary/aromatic N) is 1. The van der Waals surface area contributed by atoms with Gasteiger partial charge in [0.15, 0.2) is 0 Å². The van der Waals surface area contributed by atoms with Crippen molar-refractivity contribution in [2.75, 3.05) is 31.1 Å². The lowest BCUT2D eigenvalue weighted by atomic mass is 10.1. The maximum absolute atomic E-state index is 11.3. The number of hydrogen-bond acceptors (Lipinski definition) is 3. The standard InChI is InChI=1S/C16H22N2O2Si/c1-21(2,3)9-4-13-10-14(16(19)20)12-15(11-13)18-7-5-17-6-8-18/h10-12,17H,5-8H2,1-3H3,(H,19,20). The van der Waals surface area contributed by atoms with Gasteiger partial charge in [-0.2, -0.15) is 0 Å². The minimum absolute atomic E-state index is 0.311. The number of benzene rings is 1. The third kappa shape index (κ3) is 4.62. The van der Waals surface area contributed by atoms with Gasteiger partial charge < -0.3 is 15.3 Å². The summed E-state index contributed by atoms with van der Waals surface area (Å²) >= 11 is 0. The predicted octanol–water partition coefficient (Wildman–Crippen LogP) is 2.02. The number of piperazine rings is 1. The summed E-state index contributed by atoms with van der Waals surface area (Å²) in [4.78, 5) is 13.5. The van der Waals surface area contributed by atoms with Crippen LogP contribution in [0, 0.1) is 11.5 Å². The summed E-state index contributed by atoms with van der Waals surface area (Å²) < 4.78 is 0. The fourth-order valence-electron chi connectivity index (χ4n) is 2.17.